The summed E-state index contributed by atoms with van der Waals surface area (Å²) in [4.78, 5) is 20.8. The summed E-state index contributed by atoms with van der Waals surface area (Å²) < 4.78 is 17.0. The number of halogens is 1. The van der Waals surface area contributed by atoms with Crippen LogP contribution in [0.3, 0.4) is 0 Å². The zero-order valence-electron chi connectivity index (χ0n) is 15.1. The maximum atomic E-state index is 12.5. The molecule has 0 bridgehead atoms. The smallest absolute Gasteiger partial charge is 0.257 e. The van der Waals surface area contributed by atoms with Crippen molar-refractivity contribution < 1.29 is 19.0 Å². The van der Waals surface area contributed by atoms with Gasteiger partial charge in [-0.1, -0.05) is 22.0 Å². The van der Waals surface area contributed by atoms with Gasteiger partial charge in [-0.15, -0.1) is 0 Å². The van der Waals surface area contributed by atoms with Crippen molar-refractivity contribution in [3.8, 4) is 17.5 Å². The highest BCUT2D eigenvalue weighted by Crippen LogP contribution is 2.24. The third kappa shape index (κ3) is 5.51. The molecule has 2 heterocycles. The lowest BCUT2D eigenvalue weighted by molar-refractivity contribution is 0.102. The van der Waals surface area contributed by atoms with E-state index in [1.165, 1.54) is 6.20 Å². The maximum Gasteiger partial charge on any atom is 0.257 e. The van der Waals surface area contributed by atoms with Crippen molar-refractivity contribution in [2.75, 3.05) is 25.6 Å². The molecule has 0 spiro atoms. The van der Waals surface area contributed by atoms with Crippen LogP contribution in [0.15, 0.2) is 65.4 Å². The van der Waals surface area contributed by atoms with E-state index in [1.54, 1.807) is 37.6 Å². The number of benzene rings is 1. The van der Waals surface area contributed by atoms with Crippen molar-refractivity contribution in [2.45, 2.75) is 0 Å². The lowest BCUT2D eigenvalue weighted by atomic mass is 10.2. The lowest BCUT2D eigenvalue weighted by Gasteiger charge is -2.11. The number of nitrogens with zero attached hydrogens (tertiary/aromatic N) is 2. The van der Waals surface area contributed by atoms with Gasteiger partial charge >= 0.3 is 0 Å². The first kappa shape index (κ1) is 19.8. The summed E-state index contributed by atoms with van der Waals surface area (Å²) in [6.07, 6.45) is 3.04. The van der Waals surface area contributed by atoms with Crippen molar-refractivity contribution in [3.05, 3.63) is 71.0 Å². The zero-order valence-corrected chi connectivity index (χ0v) is 16.7. The highest BCUT2D eigenvalue weighted by Gasteiger charge is 2.12. The minimum atomic E-state index is -0.328. The van der Waals surface area contributed by atoms with Gasteiger partial charge in [0.15, 0.2) is 0 Å². The molecule has 0 fully saturated rings. The number of aromatic nitrogens is 2. The first-order valence-electron chi connectivity index (χ1n) is 8.43. The fourth-order valence-electron chi connectivity index (χ4n) is 2.24. The minimum Gasteiger partial charge on any atom is -0.474 e. The second-order valence-electron chi connectivity index (χ2n) is 5.60. The molecule has 7 nitrogen and oxygen atoms in total. The fourth-order valence-corrected chi connectivity index (χ4v) is 2.62. The van der Waals surface area contributed by atoms with E-state index < -0.39 is 0 Å². The van der Waals surface area contributed by atoms with E-state index in [0.717, 1.165) is 4.47 Å². The summed E-state index contributed by atoms with van der Waals surface area (Å²) in [5, 5.41) is 2.78. The lowest BCUT2D eigenvalue weighted by Crippen LogP contribution is -2.14. The van der Waals surface area contributed by atoms with Gasteiger partial charge in [-0.3, -0.25) is 4.79 Å². The van der Waals surface area contributed by atoms with Crippen LogP contribution in [0, 0.1) is 0 Å². The Kier molecular flexibility index (Phi) is 6.94. The zero-order chi connectivity index (χ0) is 19.8. The van der Waals surface area contributed by atoms with E-state index in [2.05, 4.69) is 31.2 Å². The summed E-state index contributed by atoms with van der Waals surface area (Å²) in [6, 6.07) is 14.1. The average Bonchev–Trinajstić information content (AvgIpc) is 2.70. The Labute approximate surface area is 170 Å². The molecule has 28 heavy (non-hydrogen) atoms. The Morgan fingerprint density at radius 2 is 2.00 bits per heavy atom. The van der Waals surface area contributed by atoms with Crippen LogP contribution in [-0.4, -0.2) is 36.2 Å². The van der Waals surface area contributed by atoms with Crippen molar-refractivity contribution in [1.29, 1.82) is 0 Å². The van der Waals surface area contributed by atoms with Crippen molar-refractivity contribution >= 4 is 27.5 Å². The minimum absolute atomic E-state index is 0.328. The maximum absolute atomic E-state index is 12.5. The van der Waals surface area contributed by atoms with Gasteiger partial charge in [0.25, 0.3) is 5.91 Å². The third-order valence-corrected chi connectivity index (χ3v) is 4.06. The molecule has 8 heteroatoms. The molecule has 0 radical (unpaired) electrons. The molecule has 2 aromatic heterocycles. The molecule has 1 aromatic carbocycles. The monoisotopic (exact) mass is 443 g/mol. The topological polar surface area (TPSA) is 82.6 Å². The molecule has 0 unspecified atom stereocenters. The average molecular weight is 444 g/mol. The molecule has 1 amide bonds. The summed E-state index contributed by atoms with van der Waals surface area (Å²) in [6.45, 7) is 0.757. The van der Waals surface area contributed by atoms with Crippen LogP contribution in [0.1, 0.15) is 10.4 Å². The van der Waals surface area contributed by atoms with Gasteiger partial charge in [-0.2, -0.15) is 0 Å². The molecule has 0 aliphatic heterocycles. The van der Waals surface area contributed by atoms with E-state index in [0.29, 0.717) is 42.0 Å². The molecule has 0 atom stereocenters. The van der Waals surface area contributed by atoms with Gasteiger partial charge < -0.3 is 19.5 Å². The number of methoxy groups -OCH3 is 1. The van der Waals surface area contributed by atoms with Gasteiger partial charge in [-0.25, -0.2) is 9.97 Å². The number of hydrogen-bond acceptors (Lipinski definition) is 6. The Hall–Kier alpha value is -2.97. The molecule has 3 rings (SSSR count). The molecule has 3 aromatic rings. The van der Waals surface area contributed by atoms with Crippen molar-refractivity contribution in [1.82, 2.24) is 9.97 Å². The highest BCUT2D eigenvalue weighted by atomic mass is 79.9. The third-order valence-electron chi connectivity index (χ3n) is 3.56. The number of amides is 1. The molecule has 0 aliphatic rings. The van der Waals surface area contributed by atoms with Crippen LogP contribution in [0.2, 0.25) is 0 Å². The van der Waals surface area contributed by atoms with E-state index in [-0.39, 0.29) is 5.91 Å². The molecule has 0 aliphatic carbocycles. The quantitative estimate of drug-likeness (QED) is 0.522. The predicted molar refractivity (Wildman–Crippen MR) is 108 cm³/mol. The number of pyridine rings is 2. The first-order valence-corrected chi connectivity index (χ1v) is 9.22. The second-order valence-corrected chi connectivity index (χ2v) is 6.51. The number of anilines is 1. The van der Waals surface area contributed by atoms with Crippen LogP contribution in [-0.2, 0) is 4.74 Å². The number of carbonyl (C=O) groups is 1. The molecule has 1 N–H and O–H groups in total. The SMILES string of the molecule is COCCOc1ncccc1NC(=O)c1ccc(Oc2cccc(Br)c2)nc1. The largest absolute Gasteiger partial charge is 0.474 e. The van der Waals surface area contributed by atoms with Gasteiger partial charge in [0.1, 0.15) is 18.0 Å². The number of ether oxygens (including phenoxy) is 3. The standard InChI is InChI=1S/C20H18BrN3O4/c1-26-10-11-27-20-17(6-3-9-22-20)24-19(25)14-7-8-18(23-13-14)28-16-5-2-4-15(21)12-16/h2-9,12-13H,10-11H2,1H3,(H,24,25). The second kappa shape index (κ2) is 9.82. The van der Waals surface area contributed by atoms with Crippen LogP contribution < -0.4 is 14.8 Å². The highest BCUT2D eigenvalue weighted by molar-refractivity contribution is 9.10. The molecular weight excluding hydrogens is 426 g/mol. The summed E-state index contributed by atoms with van der Waals surface area (Å²) >= 11 is 3.39. The van der Waals surface area contributed by atoms with E-state index >= 15 is 0 Å². The molecule has 144 valence electrons. The van der Waals surface area contributed by atoms with Crippen molar-refractivity contribution in [2.24, 2.45) is 0 Å². The van der Waals surface area contributed by atoms with E-state index in [1.807, 2.05) is 24.3 Å². The van der Waals surface area contributed by atoms with E-state index in [9.17, 15) is 4.79 Å². The molecule has 0 saturated carbocycles. The number of carbonyl (C=O) groups excluding carboxylic acids is 1. The van der Waals surface area contributed by atoms with Crippen LogP contribution in [0.25, 0.3) is 0 Å². The van der Waals surface area contributed by atoms with E-state index in [4.69, 9.17) is 14.2 Å². The number of nitrogens with one attached hydrogen (secondary N) is 1. The molecular formula is C20H18BrN3O4. The van der Waals surface area contributed by atoms with Gasteiger partial charge in [0.2, 0.25) is 11.8 Å². The van der Waals surface area contributed by atoms with Crippen LogP contribution >= 0.6 is 15.9 Å². The number of hydrogen-bond donors (Lipinski definition) is 1. The fraction of sp³-hybridized carbons (Fsp3) is 0.150. The first-order chi connectivity index (χ1) is 13.7. The van der Waals surface area contributed by atoms with Gasteiger partial charge in [-0.05, 0) is 36.4 Å². The van der Waals surface area contributed by atoms with Crippen LogP contribution in [0.5, 0.6) is 17.5 Å². The Bertz CT molecular complexity index is 935. The Morgan fingerprint density at radius 1 is 1.11 bits per heavy atom. The number of rotatable bonds is 8. The summed E-state index contributed by atoms with van der Waals surface area (Å²) in [5.74, 6) is 1.04. The Morgan fingerprint density at radius 3 is 2.75 bits per heavy atom. The van der Waals surface area contributed by atoms with Gasteiger partial charge in [0.05, 0.1) is 12.2 Å². The normalized spacial score (nSPS) is 10.4. The van der Waals surface area contributed by atoms with Crippen molar-refractivity contribution in [3.63, 3.8) is 0 Å². The van der Waals surface area contributed by atoms with Crippen LogP contribution in [0.4, 0.5) is 5.69 Å². The Balaban J connectivity index is 1.65. The molecule has 0 saturated heterocycles. The summed E-state index contributed by atoms with van der Waals surface area (Å²) in [7, 11) is 1.58. The van der Waals surface area contributed by atoms with Gasteiger partial charge in [0, 0.05) is 30.0 Å². The summed E-state index contributed by atoms with van der Waals surface area (Å²) in [5.41, 5.74) is 0.853. The predicted octanol–water partition coefficient (Wildman–Crippen LogP) is 4.31.